The minimum Gasteiger partial charge on any atom is -0.492 e. The fourth-order valence-electron chi connectivity index (χ4n) is 3.83. The number of hydrogen-bond donors (Lipinski definition) is 3. The van der Waals surface area contributed by atoms with E-state index in [1.165, 1.54) is 7.11 Å². The number of carbonyl (C=O) groups excluding carboxylic acids is 1. The second-order valence-electron chi connectivity index (χ2n) is 10.9. The van der Waals surface area contributed by atoms with Crippen molar-refractivity contribution in [1.29, 1.82) is 0 Å². The molecule has 1 amide bonds. The summed E-state index contributed by atoms with van der Waals surface area (Å²) in [6.07, 6.45) is 2.70. The first-order valence-electron chi connectivity index (χ1n) is 13.0. The van der Waals surface area contributed by atoms with Crippen LogP contribution in [0.25, 0.3) is 0 Å². The van der Waals surface area contributed by atoms with E-state index in [4.69, 9.17) is 21.1 Å². The van der Waals surface area contributed by atoms with E-state index >= 15 is 0 Å². The van der Waals surface area contributed by atoms with Gasteiger partial charge in [0.25, 0.3) is 5.91 Å². The maximum Gasteiger partial charge on any atom is 0.255 e. The highest BCUT2D eigenvalue weighted by molar-refractivity contribution is 7.92. The Labute approximate surface area is 247 Å². The first-order chi connectivity index (χ1) is 19.2. The molecule has 0 atom stereocenters. The summed E-state index contributed by atoms with van der Waals surface area (Å²) in [5, 5.41) is 6.52. The zero-order valence-electron chi connectivity index (χ0n) is 24.5. The van der Waals surface area contributed by atoms with E-state index in [1.807, 2.05) is 40.9 Å². The van der Waals surface area contributed by atoms with Crippen molar-refractivity contribution in [2.24, 2.45) is 0 Å². The van der Waals surface area contributed by atoms with Crippen molar-refractivity contribution in [3.63, 3.8) is 0 Å². The normalized spacial score (nSPS) is 11.8. The molecule has 1 aromatic heterocycles. The summed E-state index contributed by atoms with van der Waals surface area (Å²) in [6, 6.07) is 11.7. The molecule has 3 aromatic rings. The highest BCUT2D eigenvalue weighted by atomic mass is 35.5. The van der Waals surface area contributed by atoms with Crippen molar-refractivity contribution < 1.29 is 22.7 Å². The van der Waals surface area contributed by atoms with E-state index in [9.17, 15) is 13.2 Å². The van der Waals surface area contributed by atoms with Gasteiger partial charge in [0.05, 0.1) is 35.5 Å². The third-order valence-corrected chi connectivity index (χ3v) is 6.86. The van der Waals surface area contributed by atoms with Crippen LogP contribution in [0.15, 0.2) is 48.7 Å². The first-order valence-corrected chi connectivity index (χ1v) is 15.2. The van der Waals surface area contributed by atoms with Gasteiger partial charge in [-0.25, -0.2) is 8.42 Å². The smallest absolute Gasteiger partial charge is 0.255 e. The average Bonchev–Trinajstić information content (AvgIpc) is 2.86. The average molecular weight is 604 g/mol. The number of sulfonamides is 1. The SMILES string of the molecule is COc1c(NC(=O)c2ccc(Cl)c(Oc3ccnc(CNCCN(C)C)c3)c2)cc(C(C)(C)C)cc1NS(C)(=O)=O. The highest BCUT2D eigenvalue weighted by Gasteiger charge is 2.23. The molecule has 0 unspecified atom stereocenters. The monoisotopic (exact) mass is 603 g/mol. The molecule has 0 aliphatic carbocycles. The molecular weight excluding hydrogens is 566 g/mol. The Bertz CT molecular complexity index is 1490. The van der Waals surface area contributed by atoms with Crippen LogP contribution in [-0.4, -0.2) is 64.8 Å². The number of halogens is 1. The van der Waals surface area contributed by atoms with E-state index < -0.39 is 15.9 Å². The number of pyridine rings is 1. The van der Waals surface area contributed by atoms with Gasteiger partial charge in [-0.1, -0.05) is 32.4 Å². The fourth-order valence-corrected chi connectivity index (χ4v) is 4.54. The first kappa shape index (κ1) is 32.1. The van der Waals surface area contributed by atoms with Crippen molar-refractivity contribution in [3.05, 3.63) is 70.5 Å². The van der Waals surface area contributed by atoms with Gasteiger partial charge in [-0.3, -0.25) is 14.5 Å². The molecule has 1 heterocycles. The fraction of sp³-hybridized carbons (Fsp3) is 0.379. The summed E-state index contributed by atoms with van der Waals surface area (Å²) < 4.78 is 38.1. The lowest BCUT2D eigenvalue weighted by Gasteiger charge is -2.24. The van der Waals surface area contributed by atoms with Gasteiger partial charge in [-0.2, -0.15) is 0 Å². The molecule has 0 saturated heterocycles. The quantitative estimate of drug-likeness (QED) is 0.244. The second-order valence-corrected chi connectivity index (χ2v) is 13.0. The number of ether oxygens (including phenoxy) is 2. The van der Waals surface area contributed by atoms with Crippen LogP contribution in [0.5, 0.6) is 17.2 Å². The molecule has 3 rings (SSSR count). The molecule has 41 heavy (non-hydrogen) atoms. The third kappa shape index (κ3) is 9.60. The van der Waals surface area contributed by atoms with Crippen LogP contribution in [0.2, 0.25) is 5.02 Å². The second kappa shape index (κ2) is 13.5. The maximum atomic E-state index is 13.4. The van der Waals surface area contributed by atoms with Crippen LogP contribution in [0.3, 0.4) is 0 Å². The van der Waals surface area contributed by atoms with Crippen molar-refractivity contribution in [3.8, 4) is 17.2 Å². The Balaban J connectivity index is 1.86. The number of anilines is 2. The molecule has 0 fully saturated rings. The van der Waals surface area contributed by atoms with Crippen molar-refractivity contribution in [2.45, 2.75) is 32.7 Å². The van der Waals surface area contributed by atoms with E-state index in [0.717, 1.165) is 30.6 Å². The molecule has 2 aromatic carbocycles. The van der Waals surface area contributed by atoms with Crippen LogP contribution in [-0.2, 0) is 22.0 Å². The van der Waals surface area contributed by atoms with Crippen molar-refractivity contribution in [1.82, 2.24) is 15.2 Å². The summed E-state index contributed by atoms with van der Waals surface area (Å²) in [7, 11) is 1.83. The van der Waals surface area contributed by atoms with Crippen LogP contribution >= 0.6 is 11.6 Å². The Morgan fingerprint density at radius 1 is 1.07 bits per heavy atom. The zero-order valence-corrected chi connectivity index (χ0v) is 26.0. The molecule has 222 valence electrons. The molecule has 12 heteroatoms. The summed E-state index contributed by atoms with van der Waals surface area (Å²) >= 11 is 6.41. The Kier molecular flexibility index (Phi) is 10.6. The Hall–Kier alpha value is -3.38. The number of nitrogens with zero attached hydrogens (tertiary/aromatic N) is 2. The minimum atomic E-state index is -3.61. The Morgan fingerprint density at radius 3 is 2.41 bits per heavy atom. The number of methoxy groups -OCH3 is 1. The van der Waals surface area contributed by atoms with Crippen LogP contribution in [0, 0.1) is 0 Å². The van der Waals surface area contributed by atoms with Gasteiger partial charge in [0.2, 0.25) is 10.0 Å². The topological polar surface area (TPSA) is 122 Å². The lowest BCUT2D eigenvalue weighted by Crippen LogP contribution is -2.26. The molecular formula is C29H38ClN5O5S. The predicted molar refractivity (Wildman–Crippen MR) is 164 cm³/mol. The van der Waals surface area contributed by atoms with Crippen LogP contribution in [0.4, 0.5) is 11.4 Å². The summed E-state index contributed by atoms with van der Waals surface area (Å²) in [4.78, 5) is 19.8. The number of rotatable bonds is 12. The molecule has 0 radical (unpaired) electrons. The Morgan fingerprint density at radius 2 is 1.78 bits per heavy atom. The molecule has 10 nitrogen and oxygen atoms in total. The number of carbonyl (C=O) groups is 1. The van der Waals surface area contributed by atoms with Gasteiger partial charge in [0.15, 0.2) is 5.75 Å². The van der Waals surface area contributed by atoms with Crippen molar-refractivity contribution in [2.75, 3.05) is 50.6 Å². The van der Waals surface area contributed by atoms with Crippen LogP contribution < -0.4 is 24.8 Å². The number of nitrogens with one attached hydrogen (secondary N) is 3. The minimum absolute atomic E-state index is 0.186. The van der Waals surface area contributed by atoms with Gasteiger partial charge in [-0.15, -0.1) is 0 Å². The van der Waals surface area contributed by atoms with E-state index in [-0.39, 0.29) is 22.4 Å². The molecule has 0 saturated carbocycles. The van der Waals surface area contributed by atoms with Gasteiger partial charge in [-0.05, 0) is 61.5 Å². The molecule has 0 spiro atoms. The molecule has 0 aliphatic rings. The van der Waals surface area contributed by atoms with Crippen molar-refractivity contribution >= 4 is 38.9 Å². The third-order valence-electron chi connectivity index (χ3n) is 5.95. The predicted octanol–water partition coefficient (Wildman–Crippen LogP) is 5.11. The highest BCUT2D eigenvalue weighted by Crippen LogP contribution is 2.39. The van der Waals surface area contributed by atoms with Gasteiger partial charge in [0, 0.05) is 37.5 Å². The van der Waals surface area contributed by atoms with Gasteiger partial charge < -0.3 is 25.0 Å². The van der Waals surface area contributed by atoms with Crippen LogP contribution in [0.1, 0.15) is 42.4 Å². The molecule has 0 aliphatic heterocycles. The number of amides is 1. The molecule has 0 bridgehead atoms. The summed E-state index contributed by atoms with van der Waals surface area (Å²) in [6.45, 7) is 8.25. The maximum absolute atomic E-state index is 13.4. The largest absolute Gasteiger partial charge is 0.492 e. The van der Waals surface area contributed by atoms with Gasteiger partial charge in [0.1, 0.15) is 11.5 Å². The number of likely N-dealkylation sites (N-methyl/N-ethyl adjacent to an activating group) is 1. The molecule has 3 N–H and O–H groups in total. The summed E-state index contributed by atoms with van der Waals surface area (Å²) in [5.41, 5.74) is 2.08. The summed E-state index contributed by atoms with van der Waals surface area (Å²) in [5.74, 6) is 0.555. The van der Waals surface area contributed by atoms with E-state index in [2.05, 4.69) is 25.2 Å². The lowest BCUT2D eigenvalue weighted by atomic mass is 9.86. The lowest BCUT2D eigenvalue weighted by molar-refractivity contribution is 0.102. The standard InChI is InChI=1S/C29H38ClN5O5S/c1-29(2,3)20-15-24(27(39-6)25(16-20)34-41(7,37)38)33-28(36)19-8-9-23(30)26(14-19)40-22-10-11-32-21(17-22)18-31-12-13-35(4)5/h8-11,14-17,31,34H,12-13,18H2,1-7H3,(H,33,36). The number of benzene rings is 2. The van der Waals surface area contributed by atoms with E-state index in [1.54, 1.807) is 42.6 Å². The van der Waals surface area contributed by atoms with Gasteiger partial charge >= 0.3 is 0 Å². The zero-order chi connectivity index (χ0) is 30.4. The van der Waals surface area contributed by atoms with E-state index in [0.29, 0.717) is 28.8 Å². The number of hydrogen-bond acceptors (Lipinski definition) is 8. The number of aromatic nitrogens is 1.